The highest BCUT2D eigenvalue weighted by Crippen LogP contribution is 2.43. The summed E-state index contributed by atoms with van der Waals surface area (Å²) in [6.45, 7) is 3.05. The Balaban J connectivity index is 1.46. The highest BCUT2D eigenvalue weighted by molar-refractivity contribution is 7.10. The summed E-state index contributed by atoms with van der Waals surface area (Å²) in [6.07, 6.45) is 3.00. The number of amides is 3. The molecule has 2 atom stereocenters. The summed E-state index contributed by atoms with van der Waals surface area (Å²) in [4.78, 5) is 30.8. The lowest BCUT2D eigenvalue weighted by Gasteiger charge is -2.37. The molecule has 3 heterocycles. The summed E-state index contributed by atoms with van der Waals surface area (Å²) in [6, 6.07) is 12.4. The van der Waals surface area contributed by atoms with Crippen molar-refractivity contribution in [2.45, 2.75) is 37.8 Å². The van der Waals surface area contributed by atoms with E-state index in [4.69, 9.17) is 0 Å². The van der Waals surface area contributed by atoms with Crippen LogP contribution in [0, 0.1) is 5.92 Å². The summed E-state index contributed by atoms with van der Waals surface area (Å²) in [5, 5.41) is 5.10. The third-order valence-corrected chi connectivity index (χ3v) is 7.20. The minimum Gasteiger partial charge on any atom is -0.323 e. The molecule has 3 aliphatic rings. The number of carbonyl (C=O) groups excluding carboxylic acids is 2. The van der Waals surface area contributed by atoms with Crippen LogP contribution in [-0.2, 0) is 11.2 Å². The van der Waals surface area contributed by atoms with Crippen LogP contribution in [0.4, 0.5) is 4.79 Å². The summed E-state index contributed by atoms with van der Waals surface area (Å²) in [5.74, 6) is 0.214. The molecule has 2 aromatic rings. The van der Waals surface area contributed by atoms with Gasteiger partial charge in [0.1, 0.15) is 5.54 Å². The second kappa shape index (κ2) is 6.17. The van der Waals surface area contributed by atoms with Crippen LogP contribution in [0.1, 0.15) is 41.8 Å². The van der Waals surface area contributed by atoms with E-state index < -0.39 is 5.54 Å². The Hall–Kier alpha value is -2.18. The van der Waals surface area contributed by atoms with Gasteiger partial charge in [0, 0.05) is 11.4 Å². The van der Waals surface area contributed by atoms with E-state index in [2.05, 4.69) is 33.8 Å². The zero-order chi connectivity index (χ0) is 18.6. The number of imide groups is 1. The molecule has 2 fully saturated rings. The minimum atomic E-state index is -0.720. The molecule has 1 aromatic carbocycles. The van der Waals surface area contributed by atoms with Crippen LogP contribution in [0.15, 0.2) is 41.8 Å². The Labute approximate surface area is 163 Å². The molecule has 5 nitrogen and oxygen atoms in total. The fraction of sp³-hybridized carbons (Fsp3) is 0.429. The van der Waals surface area contributed by atoms with Crippen LogP contribution < -0.4 is 5.32 Å². The number of thiophene rings is 1. The van der Waals surface area contributed by atoms with Gasteiger partial charge in [-0.1, -0.05) is 30.3 Å². The van der Waals surface area contributed by atoms with Gasteiger partial charge < -0.3 is 5.32 Å². The van der Waals surface area contributed by atoms with E-state index in [1.54, 1.807) is 11.3 Å². The van der Waals surface area contributed by atoms with Crippen LogP contribution in [0.3, 0.4) is 0 Å². The van der Waals surface area contributed by atoms with E-state index in [-0.39, 0.29) is 23.9 Å². The van der Waals surface area contributed by atoms with Crippen LogP contribution >= 0.6 is 11.3 Å². The average Bonchev–Trinajstić information content (AvgIpc) is 3.39. The maximum atomic E-state index is 13.0. The maximum absolute atomic E-state index is 13.0. The van der Waals surface area contributed by atoms with Crippen molar-refractivity contribution < 1.29 is 9.59 Å². The number of nitrogens with zero attached hydrogens (tertiary/aromatic N) is 2. The van der Waals surface area contributed by atoms with Crippen molar-refractivity contribution in [3.8, 4) is 0 Å². The molecule has 1 aromatic heterocycles. The van der Waals surface area contributed by atoms with Crippen LogP contribution in [0.25, 0.3) is 0 Å². The molecule has 140 valence electrons. The SMILES string of the molecule is C[C@]1(C2CC2)NC(=O)N(CN2CCc3sccc3[C@H]2c2ccccc2)C1=O. The molecule has 6 heteroatoms. The lowest BCUT2D eigenvalue weighted by atomic mass is 9.93. The van der Waals surface area contributed by atoms with Crippen molar-refractivity contribution in [3.63, 3.8) is 0 Å². The van der Waals surface area contributed by atoms with E-state index in [9.17, 15) is 9.59 Å². The molecule has 0 bridgehead atoms. The molecular weight excluding hydrogens is 358 g/mol. The topological polar surface area (TPSA) is 52.7 Å². The van der Waals surface area contributed by atoms with E-state index in [1.807, 2.05) is 25.1 Å². The Kier molecular flexibility index (Phi) is 3.88. The van der Waals surface area contributed by atoms with Gasteiger partial charge in [0.2, 0.25) is 0 Å². The molecule has 5 rings (SSSR count). The Morgan fingerprint density at radius 2 is 1.96 bits per heavy atom. The van der Waals surface area contributed by atoms with Gasteiger partial charge in [-0.2, -0.15) is 0 Å². The summed E-state index contributed by atoms with van der Waals surface area (Å²) in [7, 11) is 0. The molecule has 1 N–H and O–H groups in total. The van der Waals surface area contributed by atoms with Crippen molar-refractivity contribution in [3.05, 3.63) is 57.8 Å². The van der Waals surface area contributed by atoms with Gasteiger partial charge in [-0.3, -0.25) is 9.69 Å². The fourth-order valence-electron chi connectivity index (χ4n) is 4.51. The molecule has 0 unspecified atom stereocenters. The van der Waals surface area contributed by atoms with Gasteiger partial charge >= 0.3 is 6.03 Å². The van der Waals surface area contributed by atoms with Gasteiger partial charge in [-0.25, -0.2) is 9.69 Å². The van der Waals surface area contributed by atoms with Gasteiger partial charge in [0.15, 0.2) is 0 Å². The van der Waals surface area contributed by atoms with Crippen molar-refractivity contribution >= 4 is 23.3 Å². The van der Waals surface area contributed by atoms with Crippen molar-refractivity contribution in [2.75, 3.05) is 13.2 Å². The van der Waals surface area contributed by atoms with Gasteiger partial charge in [0.05, 0.1) is 12.7 Å². The zero-order valence-electron chi connectivity index (χ0n) is 15.4. The molecule has 1 saturated carbocycles. The van der Waals surface area contributed by atoms with Gasteiger partial charge in [-0.15, -0.1) is 11.3 Å². The van der Waals surface area contributed by atoms with E-state index in [1.165, 1.54) is 20.9 Å². The maximum Gasteiger partial charge on any atom is 0.326 e. The normalized spacial score (nSPS) is 28.3. The monoisotopic (exact) mass is 381 g/mol. The molecular formula is C21H23N3O2S. The quantitative estimate of drug-likeness (QED) is 0.826. The molecule has 1 aliphatic carbocycles. The summed E-state index contributed by atoms with van der Waals surface area (Å²) < 4.78 is 0. The summed E-state index contributed by atoms with van der Waals surface area (Å²) >= 11 is 1.80. The van der Waals surface area contributed by atoms with Gasteiger partial charge in [-0.05, 0) is 54.7 Å². The molecule has 0 spiro atoms. The van der Waals surface area contributed by atoms with Crippen molar-refractivity contribution in [1.82, 2.24) is 15.1 Å². The number of carbonyl (C=O) groups is 2. The minimum absolute atomic E-state index is 0.0714. The van der Waals surface area contributed by atoms with Crippen LogP contribution in [0.5, 0.6) is 0 Å². The Morgan fingerprint density at radius 3 is 2.70 bits per heavy atom. The number of hydrogen-bond acceptors (Lipinski definition) is 4. The number of fused-ring (bicyclic) bond motifs is 1. The zero-order valence-corrected chi connectivity index (χ0v) is 16.2. The number of benzene rings is 1. The van der Waals surface area contributed by atoms with Crippen molar-refractivity contribution in [1.29, 1.82) is 0 Å². The fourth-order valence-corrected chi connectivity index (χ4v) is 5.41. The van der Waals surface area contributed by atoms with Crippen LogP contribution in [-0.4, -0.2) is 40.5 Å². The average molecular weight is 382 g/mol. The molecule has 2 aliphatic heterocycles. The largest absolute Gasteiger partial charge is 0.326 e. The third-order valence-electron chi connectivity index (χ3n) is 6.20. The standard InChI is InChI=1S/C21H23N3O2S/c1-21(15-7-8-15)19(25)24(20(26)22-21)13-23-11-9-17-16(10-12-27-17)18(23)14-5-3-2-4-6-14/h2-6,10,12,15,18H,7-9,11,13H2,1H3,(H,22,26)/t18-,21-/m1/s1. The molecule has 1 saturated heterocycles. The first-order valence-corrected chi connectivity index (χ1v) is 10.5. The summed E-state index contributed by atoms with van der Waals surface area (Å²) in [5.41, 5.74) is 1.78. The first-order valence-electron chi connectivity index (χ1n) is 9.57. The van der Waals surface area contributed by atoms with Gasteiger partial charge in [0.25, 0.3) is 5.91 Å². The highest BCUT2D eigenvalue weighted by Gasteiger charge is 2.56. The second-order valence-electron chi connectivity index (χ2n) is 7.96. The number of urea groups is 1. The second-order valence-corrected chi connectivity index (χ2v) is 8.96. The van der Waals surface area contributed by atoms with Crippen molar-refractivity contribution in [2.24, 2.45) is 5.92 Å². The first-order chi connectivity index (χ1) is 13.1. The number of rotatable bonds is 4. The lowest BCUT2D eigenvalue weighted by molar-refractivity contribution is -0.133. The molecule has 0 radical (unpaired) electrons. The Morgan fingerprint density at radius 1 is 1.19 bits per heavy atom. The smallest absolute Gasteiger partial charge is 0.323 e. The predicted molar refractivity (Wildman–Crippen MR) is 104 cm³/mol. The van der Waals surface area contributed by atoms with E-state index in [0.29, 0.717) is 6.67 Å². The highest BCUT2D eigenvalue weighted by atomic mass is 32.1. The number of nitrogens with one attached hydrogen (secondary N) is 1. The first kappa shape index (κ1) is 17.0. The lowest BCUT2D eigenvalue weighted by Crippen LogP contribution is -2.48. The van der Waals surface area contributed by atoms with E-state index in [0.717, 1.165) is 25.8 Å². The molecule has 27 heavy (non-hydrogen) atoms. The predicted octanol–water partition coefficient (Wildman–Crippen LogP) is 3.37. The van der Waals surface area contributed by atoms with E-state index >= 15 is 0 Å². The third kappa shape index (κ3) is 2.70. The Bertz CT molecular complexity index is 892. The van der Waals surface area contributed by atoms with Crippen LogP contribution in [0.2, 0.25) is 0 Å². The molecule has 3 amide bonds. The number of hydrogen-bond donors (Lipinski definition) is 1.